The zero-order valence-corrected chi connectivity index (χ0v) is 10.8. The van der Waals surface area contributed by atoms with Gasteiger partial charge in [-0.3, -0.25) is 14.9 Å². The molecule has 1 N–H and O–H groups in total. The van der Waals surface area contributed by atoms with Crippen molar-refractivity contribution in [2.24, 2.45) is 0 Å². The second-order valence-electron chi connectivity index (χ2n) is 4.33. The maximum Gasteiger partial charge on any atom is 0.257 e. The molecule has 94 valence electrons. The molecule has 0 aliphatic heterocycles. The van der Waals surface area contributed by atoms with Crippen LogP contribution in [0.1, 0.15) is 27.3 Å². The average Bonchev–Trinajstić information content (AvgIpc) is 2.69. The predicted octanol–water partition coefficient (Wildman–Crippen LogP) is 1.69. The van der Waals surface area contributed by atoms with Crippen LogP contribution in [0.5, 0.6) is 0 Å². The van der Waals surface area contributed by atoms with Gasteiger partial charge in [0.05, 0.1) is 11.3 Å². The SMILES string of the molecule is Cc1n[nH]c(C)c1C(=O)N(C)Cc1ccncc1. The van der Waals surface area contributed by atoms with Crippen molar-refractivity contribution in [2.45, 2.75) is 20.4 Å². The number of H-pyrrole nitrogens is 1. The Labute approximate surface area is 106 Å². The Kier molecular flexibility index (Phi) is 3.41. The summed E-state index contributed by atoms with van der Waals surface area (Å²) in [5.41, 5.74) is 3.25. The minimum Gasteiger partial charge on any atom is -0.337 e. The molecule has 0 fully saturated rings. The highest BCUT2D eigenvalue weighted by Crippen LogP contribution is 2.13. The Morgan fingerprint density at radius 1 is 1.33 bits per heavy atom. The van der Waals surface area contributed by atoms with Crippen LogP contribution in [0, 0.1) is 13.8 Å². The Morgan fingerprint density at radius 2 is 2.00 bits per heavy atom. The third-order valence-electron chi connectivity index (χ3n) is 2.86. The van der Waals surface area contributed by atoms with E-state index >= 15 is 0 Å². The van der Waals surface area contributed by atoms with E-state index in [0.717, 1.165) is 17.0 Å². The summed E-state index contributed by atoms with van der Waals surface area (Å²) in [6.45, 7) is 4.25. The summed E-state index contributed by atoms with van der Waals surface area (Å²) in [6, 6.07) is 3.80. The van der Waals surface area contributed by atoms with Crippen LogP contribution in [-0.2, 0) is 6.54 Å². The van der Waals surface area contributed by atoms with Gasteiger partial charge in [0.1, 0.15) is 0 Å². The summed E-state index contributed by atoms with van der Waals surface area (Å²) in [7, 11) is 1.79. The number of hydrogen-bond donors (Lipinski definition) is 1. The monoisotopic (exact) mass is 244 g/mol. The van der Waals surface area contributed by atoms with E-state index in [1.54, 1.807) is 24.3 Å². The summed E-state index contributed by atoms with van der Waals surface area (Å²) in [5.74, 6) is -0.0180. The maximum atomic E-state index is 12.3. The smallest absolute Gasteiger partial charge is 0.257 e. The molecule has 0 unspecified atom stereocenters. The van der Waals surface area contributed by atoms with E-state index in [1.165, 1.54) is 0 Å². The summed E-state index contributed by atoms with van der Waals surface area (Å²) in [4.78, 5) is 17.9. The molecule has 0 aliphatic rings. The molecule has 5 heteroatoms. The number of carbonyl (C=O) groups is 1. The first kappa shape index (κ1) is 12.3. The molecule has 0 aliphatic carbocycles. The first-order valence-corrected chi connectivity index (χ1v) is 5.75. The standard InChI is InChI=1S/C13H16N4O/c1-9-12(10(2)16-15-9)13(18)17(3)8-11-4-6-14-7-5-11/h4-7H,8H2,1-3H3,(H,15,16). The molecule has 0 aromatic carbocycles. The molecule has 2 aromatic rings. The van der Waals surface area contributed by atoms with E-state index in [-0.39, 0.29) is 5.91 Å². The molecule has 0 radical (unpaired) electrons. The van der Waals surface area contributed by atoms with Crippen LogP contribution < -0.4 is 0 Å². The quantitative estimate of drug-likeness (QED) is 0.893. The third kappa shape index (κ3) is 2.40. The number of aromatic nitrogens is 3. The van der Waals surface area contributed by atoms with Gasteiger partial charge in [-0.2, -0.15) is 5.10 Å². The number of aryl methyl sites for hydroxylation is 2. The predicted molar refractivity (Wildman–Crippen MR) is 68.1 cm³/mol. The third-order valence-corrected chi connectivity index (χ3v) is 2.86. The maximum absolute atomic E-state index is 12.3. The molecule has 2 heterocycles. The highest BCUT2D eigenvalue weighted by molar-refractivity contribution is 5.96. The fourth-order valence-corrected chi connectivity index (χ4v) is 1.89. The van der Waals surface area contributed by atoms with Crippen LogP contribution in [0.2, 0.25) is 0 Å². The summed E-state index contributed by atoms with van der Waals surface area (Å²) in [6.07, 6.45) is 3.45. The van der Waals surface area contributed by atoms with Crippen molar-refractivity contribution >= 4 is 5.91 Å². The number of hydrogen-bond acceptors (Lipinski definition) is 3. The molecule has 0 saturated carbocycles. The largest absolute Gasteiger partial charge is 0.337 e. The number of rotatable bonds is 3. The van der Waals surface area contributed by atoms with Crippen molar-refractivity contribution in [1.82, 2.24) is 20.1 Å². The summed E-state index contributed by atoms with van der Waals surface area (Å²) >= 11 is 0. The number of carbonyl (C=O) groups excluding carboxylic acids is 1. The normalized spacial score (nSPS) is 10.4. The average molecular weight is 244 g/mol. The molecule has 0 spiro atoms. The molecule has 5 nitrogen and oxygen atoms in total. The van der Waals surface area contributed by atoms with Gasteiger partial charge in [0.25, 0.3) is 5.91 Å². The summed E-state index contributed by atoms with van der Waals surface area (Å²) < 4.78 is 0. The van der Waals surface area contributed by atoms with E-state index < -0.39 is 0 Å². The van der Waals surface area contributed by atoms with Crippen LogP contribution >= 0.6 is 0 Å². The zero-order valence-electron chi connectivity index (χ0n) is 10.8. The topological polar surface area (TPSA) is 61.9 Å². The van der Waals surface area contributed by atoms with Crippen LogP contribution in [0.15, 0.2) is 24.5 Å². The fourth-order valence-electron chi connectivity index (χ4n) is 1.89. The number of nitrogens with zero attached hydrogens (tertiary/aromatic N) is 3. The first-order chi connectivity index (χ1) is 8.59. The van der Waals surface area contributed by atoms with Gasteiger partial charge >= 0.3 is 0 Å². The Bertz CT molecular complexity index is 528. The van der Waals surface area contributed by atoms with E-state index in [1.807, 2.05) is 26.0 Å². The van der Waals surface area contributed by atoms with Gasteiger partial charge in [-0.05, 0) is 31.5 Å². The Balaban J connectivity index is 2.15. The molecule has 2 rings (SSSR count). The lowest BCUT2D eigenvalue weighted by Crippen LogP contribution is -2.27. The van der Waals surface area contributed by atoms with Crippen molar-refractivity contribution in [3.05, 3.63) is 47.0 Å². The second kappa shape index (κ2) is 5.00. The van der Waals surface area contributed by atoms with Crippen molar-refractivity contribution in [3.8, 4) is 0 Å². The zero-order chi connectivity index (χ0) is 13.1. The van der Waals surface area contributed by atoms with E-state index in [4.69, 9.17) is 0 Å². The van der Waals surface area contributed by atoms with Crippen molar-refractivity contribution in [2.75, 3.05) is 7.05 Å². The highest BCUT2D eigenvalue weighted by Gasteiger charge is 2.19. The van der Waals surface area contributed by atoms with Gasteiger partial charge in [0, 0.05) is 31.7 Å². The minimum atomic E-state index is -0.0180. The molecule has 0 atom stereocenters. The highest BCUT2D eigenvalue weighted by atomic mass is 16.2. The number of aromatic amines is 1. The van der Waals surface area contributed by atoms with Gasteiger partial charge in [0.15, 0.2) is 0 Å². The van der Waals surface area contributed by atoms with Gasteiger partial charge in [-0.15, -0.1) is 0 Å². The molecule has 2 aromatic heterocycles. The number of nitrogens with one attached hydrogen (secondary N) is 1. The van der Waals surface area contributed by atoms with Crippen molar-refractivity contribution in [1.29, 1.82) is 0 Å². The molecule has 0 bridgehead atoms. The van der Waals surface area contributed by atoms with Crippen LogP contribution in [-0.4, -0.2) is 33.0 Å². The number of pyridine rings is 1. The molecule has 1 amide bonds. The lowest BCUT2D eigenvalue weighted by atomic mass is 10.1. The van der Waals surface area contributed by atoms with Gasteiger partial charge in [0.2, 0.25) is 0 Å². The summed E-state index contributed by atoms with van der Waals surface area (Å²) in [5, 5.41) is 6.87. The van der Waals surface area contributed by atoms with Gasteiger partial charge in [-0.25, -0.2) is 0 Å². The van der Waals surface area contributed by atoms with E-state index in [9.17, 15) is 4.79 Å². The second-order valence-corrected chi connectivity index (χ2v) is 4.33. The molecule has 18 heavy (non-hydrogen) atoms. The van der Waals surface area contributed by atoms with E-state index in [0.29, 0.717) is 12.1 Å². The van der Waals surface area contributed by atoms with Gasteiger partial charge in [-0.1, -0.05) is 0 Å². The Hall–Kier alpha value is -2.17. The molecular weight excluding hydrogens is 228 g/mol. The van der Waals surface area contributed by atoms with E-state index in [2.05, 4.69) is 15.2 Å². The van der Waals surface area contributed by atoms with Gasteiger partial charge < -0.3 is 4.90 Å². The lowest BCUT2D eigenvalue weighted by molar-refractivity contribution is 0.0783. The van der Waals surface area contributed by atoms with Crippen LogP contribution in [0.25, 0.3) is 0 Å². The van der Waals surface area contributed by atoms with Crippen LogP contribution in [0.4, 0.5) is 0 Å². The van der Waals surface area contributed by atoms with Crippen molar-refractivity contribution < 1.29 is 4.79 Å². The number of amides is 1. The van der Waals surface area contributed by atoms with Crippen molar-refractivity contribution in [3.63, 3.8) is 0 Å². The Morgan fingerprint density at radius 3 is 2.56 bits per heavy atom. The molecular formula is C13H16N4O. The molecule has 0 saturated heterocycles. The van der Waals surface area contributed by atoms with Crippen LogP contribution in [0.3, 0.4) is 0 Å². The lowest BCUT2D eigenvalue weighted by Gasteiger charge is -2.17. The first-order valence-electron chi connectivity index (χ1n) is 5.75. The fraction of sp³-hybridized carbons (Fsp3) is 0.308. The minimum absolute atomic E-state index is 0.0180.